The number of anilines is 1. The number of carbonyl (C=O) groups excluding carboxylic acids is 1. The van der Waals surface area contributed by atoms with E-state index in [0.717, 1.165) is 15.6 Å². The molecule has 3 rings (SSSR count). The predicted octanol–water partition coefficient (Wildman–Crippen LogP) is 5.53. The van der Waals surface area contributed by atoms with Gasteiger partial charge in [0.2, 0.25) is 5.91 Å². The van der Waals surface area contributed by atoms with Crippen molar-refractivity contribution in [1.29, 1.82) is 0 Å². The van der Waals surface area contributed by atoms with Gasteiger partial charge < -0.3 is 10.4 Å². The van der Waals surface area contributed by atoms with E-state index in [0.29, 0.717) is 10.6 Å². The second kappa shape index (κ2) is 8.12. The minimum atomic E-state index is -1.08. The fourth-order valence-electron chi connectivity index (χ4n) is 2.39. The van der Waals surface area contributed by atoms with E-state index in [1.54, 1.807) is 11.5 Å². The van der Waals surface area contributed by atoms with Crippen LogP contribution < -0.4 is 5.32 Å². The van der Waals surface area contributed by atoms with Gasteiger partial charge in [0.15, 0.2) is 0 Å². The third-order valence-electron chi connectivity index (χ3n) is 3.60. The van der Waals surface area contributed by atoms with Crippen molar-refractivity contribution >= 4 is 50.9 Å². The molecule has 3 aromatic rings. The molecule has 0 bridgehead atoms. The summed E-state index contributed by atoms with van der Waals surface area (Å²) in [5.74, 6) is -1.46. The van der Waals surface area contributed by atoms with Gasteiger partial charge in [-0.2, -0.15) is 0 Å². The molecule has 0 radical (unpaired) electrons. The average molecular weight is 428 g/mol. The monoisotopic (exact) mass is 427 g/mol. The number of hydrogen-bond acceptors (Lipinski definition) is 3. The first kappa shape index (κ1) is 18.1. The van der Waals surface area contributed by atoms with Crippen LogP contribution in [-0.2, 0) is 4.79 Å². The molecule has 0 aliphatic carbocycles. The van der Waals surface area contributed by atoms with Crippen molar-refractivity contribution in [3.8, 4) is 10.4 Å². The van der Waals surface area contributed by atoms with Crippen molar-refractivity contribution in [3.63, 3.8) is 0 Å². The van der Waals surface area contributed by atoms with Gasteiger partial charge in [-0.3, -0.25) is 4.79 Å². The Morgan fingerprint density at radius 2 is 1.73 bits per heavy atom. The Morgan fingerprint density at radius 1 is 1.04 bits per heavy atom. The third-order valence-corrected chi connectivity index (χ3v) is 5.15. The zero-order valence-electron chi connectivity index (χ0n) is 13.5. The standard InChI is InChI=1S/C20H14BrNO3S/c21-15-9-7-14(8-10-15)19-18(20(24)25)16(12-26-19)22-17(23)11-6-13-4-2-1-3-5-13/h1-12H,(H,22,23)(H,24,25)/b11-6+. The molecule has 0 spiro atoms. The van der Waals surface area contributed by atoms with Crippen LogP contribution in [0.2, 0.25) is 0 Å². The van der Waals surface area contributed by atoms with E-state index in [2.05, 4.69) is 21.2 Å². The number of nitrogens with one attached hydrogen (secondary N) is 1. The number of carboxylic acid groups (broad SMARTS) is 1. The summed E-state index contributed by atoms with van der Waals surface area (Å²) in [6.45, 7) is 0. The van der Waals surface area contributed by atoms with Gasteiger partial charge in [0.1, 0.15) is 5.56 Å². The fourth-order valence-corrected chi connectivity index (χ4v) is 3.65. The summed E-state index contributed by atoms with van der Waals surface area (Å²) in [5.41, 5.74) is 2.07. The van der Waals surface area contributed by atoms with Crippen LogP contribution in [0.5, 0.6) is 0 Å². The summed E-state index contributed by atoms with van der Waals surface area (Å²) in [6, 6.07) is 16.8. The zero-order chi connectivity index (χ0) is 18.5. The predicted molar refractivity (Wildman–Crippen MR) is 109 cm³/mol. The summed E-state index contributed by atoms with van der Waals surface area (Å²) in [4.78, 5) is 24.5. The molecular weight excluding hydrogens is 414 g/mol. The highest BCUT2D eigenvalue weighted by atomic mass is 79.9. The van der Waals surface area contributed by atoms with Gasteiger partial charge in [0.05, 0.1) is 10.6 Å². The Bertz CT molecular complexity index is 962. The van der Waals surface area contributed by atoms with Gasteiger partial charge in [0.25, 0.3) is 0 Å². The smallest absolute Gasteiger partial charge is 0.339 e. The van der Waals surface area contributed by atoms with E-state index in [9.17, 15) is 14.7 Å². The lowest BCUT2D eigenvalue weighted by molar-refractivity contribution is -0.111. The summed E-state index contributed by atoms with van der Waals surface area (Å²) in [7, 11) is 0. The Balaban J connectivity index is 1.84. The number of hydrogen-bond donors (Lipinski definition) is 2. The largest absolute Gasteiger partial charge is 0.478 e. The first-order valence-electron chi connectivity index (χ1n) is 7.69. The maximum atomic E-state index is 12.2. The van der Waals surface area contributed by atoms with E-state index < -0.39 is 5.97 Å². The number of benzene rings is 2. The van der Waals surface area contributed by atoms with Gasteiger partial charge >= 0.3 is 5.97 Å². The van der Waals surface area contributed by atoms with Crippen molar-refractivity contribution in [2.45, 2.75) is 0 Å². The summed E-state index contributed by atoms with van der Waals surface area (Å²) >= 11 is 4.65. The van der Waals surface area contributed by atoms with Crippen molar-refractivity contribution < 1.29 is 14.7 Å². The molecule has 0 saturated heterocycles. The quantitative estimate of drug-likeness (QED) is 0.526. The van der Waals surface area contributed by atoms with Crippen molar-refractivity contribution in [1.82, 2.24) is 0 Å². The van der Waals surface area contributed by atoms with Crippen LogP contribution in [0.25, 0.3) is 16.5 Å². The number of amides is 1. The Labute approximate surface area is 162 Å². The lowest BCUT2D eigenvalue weighted by Crippen LogP contribution is -2.10. The zero-order valence-corrected chi connectivity index (χ0v) is 15.9. The molecule has 0 aliphatic rings. The van der Waals surface area contributed by atoms with Gasteiger partial charge in [-0.25, -0.2) is 4.79 Å². The number of halogens is 1. The van der Waals surface area contributed by atoms with E-state index in [1.807, 2.05) is 54.6 Å². The van der Waals surface area contributed by atoms with Crippen molar-refractivity contribution in [2.24, 2.45) is 0 Å². The maximum Gasteiger partial charge on any atom is 0.339 e. The Morgan fingerprint density at radius 3 is 2.38 bits per heavy atom. The van der Waals surface area contributed by atoms with E-state index in [4.69, 9.17) is 0 Å². The molecular formula is C20H14BrNO3S. The van der Waals surface area contributed by atoms with Crippen molar-refractivity contribution in [2.75, 3.05) is 5.32 Å². The van der Waals surface area contributed by atoms with Gasteiger partial charge in [-0.15, -0.1) is 11.3 Å². The lowest BCUT2D eigenvalue weighted by Gasteiger charge is -2.04. The second-order valence-corrected chi connectivity index (χ2v) is 7.19. The van der Waals surface area contributed by atoms with Crippen LogP contribution in [0.4, 0.5) is 5.69 Å². The molecule has 1 heterocycles. The highest BCUT2D eigenvalue weighted by Crippen LogP contribution is 2.36. The minimum absolute atomic E-state index is 0.0961. The third kappa shape index (κ3) is 4.28. The molecule has 1 amide bonds. The molecule has 26 heavy (non-hydrogen) atoms. The minimum Gasteiger partial charge on any atom is -0.478 e. The lowest BCUT2D eigenvalue weighted by atomic mass is 10.1. The molecule has 0 fully saturated rings. The SMILES string of the molecule is O=C(/C=C/c1ccccc1)Nc1csc(-c2ccc(Br)cc2)c1C(=O)O. The molecule has 4 nitrogen and oxygen atoms in total. The maximum absolute atomic E-state index is 12.2. The Kier molecular flexibility index (Phi) is 5.65. The van der Waals surface area contributed by atoms with Gasteiger partial charge in [-0.1, -0.05) is 58.4 Å². The first-order chi connectivity index (χ1) is 12.5. The van der Waals surface area contributed by atoms with Crippen molar-refractivity contribution in [3.05, 3.63) is 81.7 Å². The van der Waals surface area contributed by atoms with Gasteiger partial charge in [0, 0.05) is 15.9 Å². The van der Waals surface area contributed by atoms with Crippen LogP contribution in [0.1, 0.15) is 15.9 Å². The topological polar surface area (TPSA) is 66.4 Å². The molecule has 2 aromatic carbocycles. The fraction of sp³-hybridized carbons (Fsp3) is 0. The van der Waals surface area contributed by atoms with Crippen LogP contribution in [0, 0.1) is 0 Å². The molecule has 6 heteroatoms. The molecule has 0 saturated carbocycles. The number of rotatable bonds is 5. The highest BCUT2D eigenvalue weighted by molar-refractivity contribution is 9.10. The molecule has 0 aliphatic heterocycles. The van der Waals surface area contributed by atoms with E-state index in [1.165, 1.54) is 17.4 Å². The molecule has 1 aromatic heterocycles. The highest BCUT2D eigenvalue weighted by Gasteiger charge is 2.20. The number of carbonyl (C=O) groups is 2. The molecule has 130 valence electrons. The molecule has 0 atom stereocenters. The van der Waals surface area contributed by atoms with E-state index >= 15 is 0 Å². The molecule has 0 unspecified atom stereocenters. The number of thiophene rings is 1. The summed E-state index contributed by atoms with van der Waals surface area (Å²) < 4.78 is 0.911. The van der Waals surface area contributed by atoms with Crippen LogP contribution >= 0.6 is 27.3 Å². The Hall–Kier alpha value is -2.70. The van der Waals surface area contributed by atoms with E-state index in [-0.39, 0.29) is 11.5 Å². The van der Waals surface area contributed by atoms with Crippen LogP contribution in [-0.4, -0.2) is 17.0 Å². The van der Waals surface area contributed by atoms with Gasteiger partial charge in [-0.05, 0) is 29.3 Å². The number of aromatic carboxylic acids is 1. The van der Waals surface area contributed by atoms with Crippen LogP contribution in [0.15, 0.2) is 70.5 Å². The number of carboxylic acids is 1. The molecule has 2 N–H and O–H groups in total. The second-order valence-electron chi connectivity index (χ2n) is 5.40. The summed E-state index contributed by atoms with van der Waals surface area (Å²) in [6.07, 6.45) is 3.07. The normalized spacial score (nSPS) is 10.8. The van der Waals surface area contributed by atoms with Crippen LogP contribution in [0.3, 0.4) is 0 Å². The summed E-state index contributed by atoms with van der Waals surface area (Å²) in [5, 5.41) is 13.9. The average Bonchev–Trinajstić information content (AvgIpc) is 3.05. The first-order valence-corrected chi connectivity index (χ1v) is 9.36.